The molecule has 0 radical (unpaired) electrons. The molecule has 0 aliphatic carbocycles. The van der Waals surface area contributed by atoms with E-state index in [-0.39, 0.29) is 18.6 Å². The SMILES string of the molecule is O=C(NCCCO)C1CCCCCN1. The molecule has 1 heterocycles. The number of aliphatic hydroxyl groups is 1. The van der Waals surface area contributed by atoms with Crippen molar-refractivity contribution < 1.29 is 9.90 Å². The minimum Gasteiger partial charge on any atom is -0.396 e. The van der Waals surface area contributed by atoms with E-state index in [1.54, 1.807) is 0 Å². The third-order valence-corrected chi connectivity index (χ3v) is 2.51. The lowest BCUT2D eigenvalue weighted by Gasteiger charge is -2.15. The van der Waals surface area contributed by atoms with Crippen LogP contribution in [0.1, 0.15) is 32.1 Å². The summed E-state index contributed by atoms with van der Waals surface area (Å²) in [5, 5.41) is 14.6. The number of nitrogens with one attached hydrogen (secondary N) is 2. The van der Waals surface area contributed by atoms with Crippen LogP contribution in [-0.2, 0) is 4.79 Å². The second-order valence-electron chi connectivity index (χ2n) is 3.72. The Bertz CT molecular complexity index is 166. The topological polar surface area (TPSA) is 61.4 Å². The van der Waals surface area contributed by atoms with E-state index in [0.717, 1.165) is 19.4 Å². The Hall–Kier alpha value is -0.610. The van der Waals surface area contributed by atoms with Gasteiger partial charge in [-0.2, -0.15) is 0 Å². The average molecular weight is 200 g/mol. The van der Waals surface area contributed by atoms with Gasteiger partial charge in [0.2, 0.25) is 5.91 Å². The van der Waals surface area contributed by atoms with Crippen molar-refractivity contribution in [1.82, 2.24) is 10.6 Å². The molecule has 3 N–H and O–H groups in total. The first-order chi connectivity index (χ1) is 6.84. The molecule has 0 spiro atoms. The lowest BCUT2D eigenvalue weighted by atomic mass is 10.1. The van der Waals surface area contributed by atoms with Gasteiger partial charge in [-0.25, -0.2) is 0 Å². The second-order valence-corrected chi connectivity index (χ2v) is 3.72. The van der Waals surface area contributed by atoms with E-state index in [2.05, 4.69) is 10.6 Å². The molecule has 0 aromatic heterocycles. The monoisotopic (exact) mass is 200 g/mol. The van der Waals surface area contributed by atoms with Crippen molar-refractivity contribution in [3.63, 3.8) is 0 Å². The predicted molar refractivity (Wildman–Crippen MR) is 55.0 cm³/mol. The fourth-order valence-electron chi connectivity index (χ4n) is 1.67. The van der Waals surface area contributed by atoms with Crippen molar-refractivity contribution >= 4 is 5.91 Å². The first-order valence-corrected chi connectivity index (χ1v) is 5.46. The molecule has 1 fully saturated rings. The van der Waals surface area contributed by atoms with Gasteiger partial charge in [-0.15, -0.1) is 0 Å². The number of hydrogen-bond acceptors (Lipinski definition) is 3. The molecule has 0 bridgehead atoms. The summed E-state index contributed by atoms with van der Waals surface area (Å²) < 4.78 is 0. The number of aliphatic hydroxyl groups excluding tert-OH is 1. The van der Waals surface area contributed by atoms with Crippen LogP contribution in [0.4, 0.5) is 0 Å². The van der Waals surface area contributed by atoms with Gasteiger partial charge in [0.1, 0.15) is 0 Å². The zero-order chi connectivity index (χ0) is 10.2. The molecule has 1 saturated heterocycles. The van der Waals surface area contributed by atoms with Gasteiger partial charge in [-0.1, -0.05) is 12.8 Å². The highest BCUT2D eigenvalue weighted by atomic mass is 16.3. The van der Waals surface area contributed by atoms with Crippen LogP contribution in [0.25, 0.3) is 0 Å². The van der Waals surface area contributed by atoms with E-state index >= 15 is 0 Å². The summed E-state index contributed by atoms with van der Waals surface area (Å²) in [6.45, 7) is 1.66. The van der Waals surface area contributed by atoms with Crippen LogP contribution in [-0.4, -0.2) is 36.8 Å². The summed E-state index contributed by atoms with van der Waals surface area (Å²) in [7, 11) is 0. The maximum atomic E-state index is 11.6. The Morgan fingerprint density at radius 1 is 1.43 bits per heavy atom. The van der Waals surface area contributed by atoms with Crippen molar-refractivity contribution in [3.05, 3.63) is 0 Å². The third-order valence-electron chi connectivity index (χ3n) is 2.51. The van der Waals surface area contributed by atoms with Gasteiger partial charge in [-0.05, 0) is 25.8 Å². The molecule has 14 heavy (non-hydrogen) atoms. The van der Waals surface area contributed by atoms with Crippen LogP contribution in [0.5, 0.6) is 0 Å². The highest BCUT2D eigenvalue weighted by molar-refractivity contribution is 5.81. The van der Waals surface area contributed by atoms with E-state index in [1.807, 2.05) is 0 Å². The lowest BCUT2D eigenvalue weighted by molar-refractivity contribution is -0.123. The number of carbonyl (C=O) groups excluding carboxylic acids is 1. The van der Waals surface area contributed by atoms with E-state index in [1.165, 1.54) is 12.8 Å². The number of amides is 1. The van der Waals surface area contributed by atoms with Crippen LogP contribution in [0.2, 0.25) is 0 Å². The standard InChI is InChI=1S/C10H20N2O2/c13-8-4-7-12-10(14)9-5-2-1-3-6-11-9/h9,11,13H,1-8H2,(H,12,14). The summed E-state index contributed by atoms with van der Waals surface area (Å²) in [6, 6.07) is -0.0174. The van der Waals surface area contributed by atoms with Crippen molar-refractivity contribution in [1.29, 1.82) is 0 Å². The van der Waals surface area contributed by atoms with Crippen LogP contribution < -0.4 is 10.6 Å². The lowest BCUT2D eigenvalue weighted by Crippen LogP contribution is -2.44. The van der Waals surface area contributed by atoms with Gasteiger partial charge in [0.05, 0.1) is 6.04 Å². The molecule has 82 valence electrons. The normalized spacial score (nSPS) is 22.8. The molecule has 0 aromatic carbocycles. The van der Waals surface area contributed by atoms with E-state index in [9.17, 15) is 4.79 Å². The van der Waals surface area contributed by atoms with E-state index < -0.39 is 0 Å². The third kappa shape index (κ3) is 4.07. The smallest absolute Gasteiger partial charge is 0.237 e. The Labute approximate surface area is 85.1 Å². The Morgan fingerprint density at radius 2 is 2.29 bits per heavy atom. The molecule has 1 amide bonds. The Balaban J connectivity index is 2.20. The number of carbonyl (C=O) groups is 1. The number of rotatable bonds is 4. The average Bonchev–Trinajstić information content (AvgIpc) is 2.46. The van der Waals surface area contributed by atoms with E-state index in [0.29, 0.717) is 13.0 Å². The molecule has 1 atom stereocenters. The Kier molecular flexibility index (Phi) is 5.56. The van der Waals surface area contributed by atoms with Crippen molar-refractivity contribution in [2.45, 2.75) is 38.1 Å². The van der Waals surface area contributed by atoms with Crippen LogP contribution in [0, 0.1) is 0 Å². The fourth-order valence-corrected chi connectivity index (χ4v) is 1.67. The van der Waals surface area contributed by atoms with Gasteiger partial charge < -0.3 is 15.7 Å². The van der Waals surface area contributed by atoms with Gasteiger partial charge in [0, 0.05) is 13.2 Å². The molecule has 1 unspecified atom stereocenters. The van der Waals surface area contributed by atoms with Gasteiger partial charge in [-0.3, -0.25) is 4.79 Å². The molecular weight excluding hydrogens is 180 g/mol. The number of hydrogen-bond donors (Lipinski definition) is 3. The molecule has 0 aromatic rings. The van der Waals surface area contributed by atoms with Crippen molar-refractivity contribution in [2.24, 2.45) is 0 Å². The maximum absolute atomic E-state index is 11.6. The first-order valence-electron chi connectivity index (χ1n) is 5.46. The van der Waals surface area contributed by atoms with Crippen LogP contribution in [0.3, 0.4) is 0 Å². The highest BCUT2D eigenvalue weighted by Crippen LogP contribution is 2.08. The van der Waals surface area contributed by atoms with Gasteiger partial charge in [0.15, 0.2) is 0 Å². The van der Waals surface area contributed by atoms with Crippen molar-refractivity contribution in [2.75, 3.05) is 19.7 Å². The fraction of sp³-hybridized carbons (Fsp3) is 0.900. The summed E-state index contributed by atoms with van der Waals surface area (Å²) in [4.78, 5) is 11.6. The Morgan fingerprint density at radius 3 is 3.07 bits per heavy atom. The minimum atomic E-state index is -0.0174. The highest BCUT2D eigenvalue weighted by Gasteiger charge is 2.18. The molecular formula is C10H20N2O2. The summed E-state index contributed by atoms with van der Waals surface area (Å²) in [6.07, 6.45) is 5.09. The predicted octanol–water partition coefficient (Wildman–Crippen LogP) is 0.0172. The van der Waals surface area contributed by atoms with Crippen molar-refractivity contribution in [3.8, 4) is 0 Å². The molecule has 1 aliphatic heterocycles. The summed E-state index contributed by atoms with van der Waals surface area (Å²) in [5.41, 5.74) is 0. The maximum Gasteiger partial charge on any atom is 0.237 e. The molecule has 1 aliphatic rings. The van der Waals surface area contributed by atoms with Gasteiger partial charge in [0.25, 0.3) is 0 Å². The molecule has 0 saturated carbocycles. The van der Waals surface area contributed by atoms with Crippen LogP contribution >= 0.6 is 0 Å². The molecule has 4 heteroatoms. The second kappa shape index (κ2) is 6.79. The zero-order valence-corrected chi connectivity index (χ0v) is 8.59. The van der Waals surface area contributed by atoms with Gasteiger partial charge >= 0.3 is 0 Å². The summed E-state index contributed by atoms with van der Waals surface area (Å²) >= 11 is 0. The largest absolute Gasteiger partial charge is 0.396 e. The molecule has 1 rings (SSSR count). The zero-order valence-electron chi connectivity index (χ0n) is 8.59. The summed E-state index contributed by atoms with van der Waals surface area (Å²) in [5.74, 6) is 0.0837. The quantitative estimate of drug-likeness (QED) is 0.561. The minimum absolute atomic E-state index is 0.0174. The first kappa shape index (κ1) is 11.5. The molecule has 4 nitrogen and oxygen atoms in total. The van der Waals surface area contributed by atoms with Crippen LogP contribution in [0.15, 0.2) is 0 Å². The van der Waals surface area contributed by atoms with E-state index in [4.69, 9.17) is 5.11 Å².